The number of ether oxygens (including phenoxy) is 2. The van der Waals surface area contributed by atoms with Crippen LogP contribution in [0.3, 0.4) is 0 Å². The number of rotatable bonds is 6. The lowest BCUT2D eigenvalue weighted by Gasteiger charge is -2.37. The Morgan fingerprint density at radius 2 is 2.03 bits per heavy atom. The number of piperazine rings is 1. The molecule has 0 N–H and O–H groups in total. The maximum absolute atomic E-state index is 14.5. The van der Waals surface area contributed by atoms with Crippen LogP contribution in [0.1, 0.15) is 36.8 Å². The van der Waals surface area contributed by atoms with Gasteiger partial charge in [0.05, 0.1) is 61.9 Å². The summed E-state index contributed by atoms with van der Waals surface area (Å²) in [4.78, 5) is 25.5. The van der Waals surface area contributed by atoms with Crippen LogP contribution in [-0.4, -0.2) is 82.0 Å². The zero-order valence-electron chi connectivity index (χ0n) is 20.9. The molecular weight excluding hydrogens is 463 g/mol. The van der Waals surface area contributed by atoms with Crippen molar-refractivity contribution in [3.63, 3.8) is 0 Å². The molecule has 0 aliphatic carbocycles. The fourth-order valence-electron chi connectivity index (χ4n) is 4.98. The molecule has 190 valence electrons. The Kier molecular flexibility index (Phi) is 6.97. The van der Waals surface area contributed by atoms with Crippen molar-refractivity contribution in [1.82, 2.24) is 29.5 Å². The van der Waals surface area contributed by atoms with Crippen molar-refractivity contribution in [2.24, 2.45) is 0 Å². The summed E-state index contributed by atoms with van der Waals surface area (Å²) in [6.07, 6.45) is 4.68. The highest BCUT2D eigenvalue weighted by atomic mass is 19.1. The number of methoxy groups -OCH3 is 1. The number of carbonyl (C=O) groups is 1. The van der Waals surface area contributed by atoms with Crippen LogP contribution in [0, 0.1) is 5.82 Å². The van der Waals surface area contributed by atoms with Gasteiger partial charge in [-0.25, -0.2) is 14.1 Å². The quantitative estimate of drug-likeness (QED) is 0.521. The lowest BCUT2D eigenvalue weighted by atomic mass is 10.0. The number of likely N-dealkylation sites (N-methyl/N-ethyl adjacent to an activating group) is 1. The van der Waals surface area contributed by atoms with Crippen LogP contribution in [0.2, 0.25) is 0 Å². The number of carbonyl (C=O) groups excluding carboxylic acids is 1. The maximum Gasteiger partial charge on any atom is 0.250 e. The standard InChI is InChI=1S/C26H31FN6O3/c1-4-31-9-10-32(24(34)16-31)17(2)22-13-18(5-8-28-22)25-20-6-11-36-12-7-23(20)33(30-25)19-14-21(27)26(35-3)29-15-19/h5,8,13-15,17H,4,6-7,9-12,16H2,1-3H3. The van der Waals surface area contributed by atoms with Gasteiger partial charge in [-0.3, -0.25) is 14.7 Å². The second kappa shape index (κ2) is 10.3. The average Bonchev–Trinajstić information content (AvgIpc) is 3.08. The SMILES string of the molecule is CCN1CCN(C(C)c2cc(-c3nn(-c4cnc(OC)c(F)c4)c4c3CCOCC4)ccn2)C(=O)C1. The van der Waals surface area contributed by atoms with Gasteiger partial charge in [0, 0.05) is 42.9 Å². The number of pyridine rings is 2. The van der Waals surface area contributed by atoms with Gasteiger partial charge in [0.15, 0.2) is 5.82 Å². The number of fused-ring (bicyclic) bond motifs is 1. The van der Waals surface area contributed by atoms with Crippen LogP contribution in [0.5, 0.6) is 5.88 Å². The molecule has 1 unspecified atom stereocenters. The van der Waals surface area contributed by atoms with Gasteiger partial charge in [-0.15, -0.1) is 0 Å². The van der Waals surface area contributed by atoms with E-state index in [1.807, 2.05) is 24.0 Å². The number of hydrogen-bond acceptors (Lipinski definition) is 7. The molecule has 2 aliphatic rings. The molecule has 1 fully saturated rings. The Hall–Kier alpha value is -3.37. The van der Waals surface area contributed by atoms with Crippen molar-refractivity contribution in [2.75, 3.05) is 46.5 Å². The van der Waals surface area contributed by atoms with E-state index in [2.05, 4.69) is 21.8 Å². The number of aromatic nitrogens is 4. The van der Waals surface area contributed by atoms with Crippen LogP contribution < -0.4 is 4.74 Å². The third kappa shape index (κ3) is 4.58. The van der Waals surface area contributed by atoms with Crippen molar-refractivity contribution in [1.29, 1.82) is 0 Å². The van der Waals surface area contributed by atoms with E-state index in [0.29, 0.717) is 44.8 Å². The van der Waals surface area contributed by atoms with Gasteiger partial charge in [0.2, 0.25) is 11.8 Å². The first kappa shape index (κ1) is 24.3. The average molecular weight is 495 g/mol. The van der Waals surface area contributed by atoms with Crippen LogP contribution in [0.4, 0.5) is 4.39 Å². The van der Waals surface area contributed by atoms with Gasteiger partial charge in [-0.05, 0) is 32.0 Å². The van der Waals surface area contributed by atoms with E-state index in [-0.39, 0.29) is 17.8 Å². The molecule has 0 saturated carbocycles. The Bertz CT molecular complexity index is 1260. The van der Waals surface area contributed by atoms with Crippen LogP contribution in [-0.2, 0) is 22.4 Å². The molecule has 3 aromatic rings. The van der Waals surface area contributed by atoms with Crippen molar-refractivity contribution >= 4 is 5.91 Å². The largest absolute Gasteiger partial charge is 0.479 e. The number of amides is 1. The Labute approximate surface area is 209 Å². The topological polar surface area (TPSA) is 85.6 Å². The molecule has 1 amide bonds. The molecule has 2 aliphatic heterocycles. The Balaban J connectivity index is 1.51. The summed E-state index contributed by atoms with van der Waals surface area (Å²) in [7, 11) is 1.39. The molecule has 5 heterocycles. The zero-order chi connectivity index (χ0) is 25.2. The molecule has 10 heteroatoms. The molecule has 1 saturated heterocycles. The summed E-state index contributed by atoms with van der Waals surface area (Å²) < 4.78 is 26.9. The predicted octanol–water partition coefficient (Wildman–Crippen LogP) is 2.82. The van der Waals surface area contributed by atoms with Gasteiger partial charge < -0.3 is 14.4 Å². The van der Waals surface area contributed by atoms with Gasteiger partial charge in [-0.2, -0.15) is 5.10 Å². The number of halogens is 1. The molecule has 36 heavy (non-hydrogen) atoms. The third-order valence-electron chi connectivity index (χ3n) is 7.03. The van der Waals surface area contributed by atoms with E-state index < -0.39 is 5.82 Å². The summed E-state index contributed by atoms with van der Waals surface area (Å²) >= 11 is 0. The zero-order valence-corrected chi connectivity index (χ0v) is 20.9. The Morgan fingerprint density at radius 1 is 1.19 bits per heavy atom. The van der Waals surface area contributed by atoms with Crippen molar-refractivity contribution in [3.8, 4) is 22.8 Å². The minimum absolute atomic E-state index is 0.0531. The van der Waals surface area contributed by atoms with E-state index in [1.54, 1.807) is 17.1 Å². The second-order valence-corrected chi connectivity index (χ2v) is 9.08. The summed E-state index contributed by atoms with van der Waals surface area (Å²) in [6, 6.07) is 5.17. The predicted molar refractivity (Wildman–Crippen MR) is 132 cm³/mol. The highest BCUT2D eigenvalue weighted by Crippen LogP contribution is 2.32. The number of hydrogen-bond donors (Lipinski definition) is 0. The number of nitrogens with zero attached hydrogens (tertiary/aromatic N) is 6. The summed E-state index contributed by atoms with van der Waals surface area (Å²) in [5.41, 5.74) is 5.11. The second-order valence-electron chi connectivity index (χ2n) is 9.08. The van der Waals surface area contributed by atoms with Crippen molar-refractivity contribution in [3.05, 3.63) is 53.4 Å². The summed E-state index contributed by atoms with van der Waals surface area (Å²) in [5.74, 6) is -0.478. The minimum Gasteiger partial charge on any atom is -0.479 e. The van der Waals surface area contributed by atoms with Crippen LogP contribution in [0.25, 0.3) is 16.9 Å². The van der Waals surface area contributed by atoms with Gasteiger partial charge in [-0.1, -0.05) is 6.92 Å². The molecule has 9 nitrogen and oxygen atoms in total. The van der Waals surface area contributed by atoms with E-state index in [1.165, 1.54) is 13.2 Å². The molecule has 0 aromatic carbocycles. The first-order chi connectivity index (χ1) is 17.5. The minimum atomic E-state index is -0.543. The van der Waals surface area contributed by atoms with E-state index in [9.17, 15) is 9.18 Å². The fraction of sp³-hybridized carbons (Fsp3) is 0.462. The van der Waals surface area contributed by atoms with E-state index in [0.717, 1.165) is 41.3 Å². The van der Waals surface area contributed by atoms with Crippen molar-refractivity contribution in [2.45, 2.75) is 32.7 Å². The van der Waals surface area contributed by atoms with Gasteiger partial charge in [0.25, 0.3) is 0 Å². The fourth-order valence-corrected chi connectivity index (χ4v) is 4.98. The first-order valence-electron chi connectivity index (χ1n) is 12.4. The van der Waals surface area contributed by atoms with Gasteiger partial charge >= 0.3 is 0 Å². The third-order valence-corrected chi connectivity index (χ3v) is 7.03. The van der Waals surface area contributed by atoms with Crippen molar-refractivity contribution < 1.29 is 18.7 Å². The lowest BCUT2D eigenvalue weighted by Crippen LogP contribution is -2.50. The van der Waals surface area contributed by atoms with E-state index in [4.69, 9.17) is 14.6 Å². The molecule has 0 bridgehead atoms. The molecule has 0 radical (unpaired) electrons. The van der Waals surface area contributed by atoms with Gasteiger partial charge in [0.1, 0.15) is 0 Å². The first-order valence-corrected chi connectivity index (χ1v) is 12.4. The highest BCUT2D eigenvalue weighted by Gasteiger charge is 2.29. The highest BCUT2D eigenvalue weighted by molar-refractivity contribution is 5.79. The molecule has 1 atom stereocenters. The lowest BCUT2D eigenvalue weighted by molar-refractivity contribution is -0.138. The smallest absolute Gasteiger partial charge is 0.250 e. The molecule has 3 aromatic heterocycles. The van der Waals surface area contributed by atoms with E-state index >= 15 is 0 Å². The summed E-state index contributed by atoms with van der Waals surface area (Å²) in [5, 5.41) is 4.92. The van der Waals surface area contributed by atoms with Crippen LogP contribution >= 0.6 is 0 Å². The molecular formula is C26H31FN6O3. The van der Waals surface area contributed by atoms with Crippen LogP contribution in [0.15, 0.2) is 30.6 Å². The maximum atomic E-state index is 14.5. The summed E-state index contributed by atoms with van der Waals surface area (Å²) in [6.45, 7) is 8.08. The Morgan fingerprint density at radius 3 is 2.78 bits per heavy atom. The normalized spacial score (nSPS) is 17.6. The molecule has 5 rings (SSSR count). The monoisotopic (exact) mass is 494 g/mol. The molecule has 0 spiro atoms.